The van der Waals surface area contributed by atoms with Crippen LogP contribution < -0.4 is 10.1 Å². The van der Waals surface area contributed by atoms with Crippen molar-refractivity contribution < 1.29 is 14.3 Å². The molecule has 1 N–H and O–H groups in total. The summed E-state index contributed by atoms with van der Waals surface area (Å²) < 4.78 is 11.2. The molecule has 1 heterocycles. The summed E-state index contributed by atoms with van der Waals surface area (Å²) in [5.74, 6) is 0.803. The van der Waals surface area contributed by atoms with Crippen LogP contribution in [0.15, 0.2) is 54.7 Å². The van der Waals surface area contributed by atoms with E-state index in [-0.39, 0.29) is 0 Å². The molecule has 0 aliphatic carbocycles. The molecule has 7 heteroatoms. The van der Waals surface area contributed by atoms with E-state index >= 15 is 0 Å². The van der Waals surface area contributed by atoms with E-state index in [0.717, 1.165) is 10.6 Å². The minimum Gasteiger partial charge on any atom is -0.465 e. The second kappa shape index (κ2) is 8.00. The molecule has 0 aliphatic rings. The highest BCUT2D eigenvalue weighted by Crippen LogP contribution is 2.30. The summed E-state index contributed by atoms with van der Waals surface area (Å²) in [6.45, 7) is 0.590. The molecule has 0 fully saturated rings. The van der Waals surface area contributed by atoms with Gasteiger partial charge in [0.25, 0.3) is 0 Å². The van der Waals surface area contributed by atoms with Crippen LogP contribution in [0.3, 0.4) is 0 Å². The second-order valence-electron chi connectivity index (χ2n) is 5.05. The van der Waals surface area contributed by atoms with Crippen molar-refractivity contribution in [3.8, 4) is 11.5 Å². The molecule has 0 saturated heterocycles. The van der Waals surface area contributed by atoms with Gasteiger partial charge in [-0.05, 0) is 30.3 Å². The number of ether oxygens (including phenoxy) is 2. The van der Waals surface area contributed by atoms with Crippen molar-refractivity contribution in [2.75, 3.05) is 12.4 Å². The Morgan fingerprint density at radius 3 is 2.84 bits per heavy atom. The highest BCUT2D eigenvalue weighted by atomic mass is 35.5. The average Bonchev–Trinajstić information content (AvgIpc) is 3.06. The molecule has 0 atom stereocenters. The number of nitrogens with one attached hydrogen (secondary N) is 1. The summed E-state index contributed by atoms with van der Waals surface area (Å²) in [5.41, 5.74) is 1.26. The maximum absolute atomic E-state index is 11.6. The summed E-state index contributed by atoms with van der Waals surface area (Å²) >= 11 is 7.27. The Bertz CT molecular complexity index is 882. The predicted molar refractivity (Wildman–Crippen MR) is 98.7 cm³/mol. The van der Waals surface area contributed by atoms with Gasteiger partial charge in [-0.3, -0.25) is 0 Å². The molecule has 0 unspecified atom stereocenters. The van der Waals surface area contributed by atoms with Crippen LogP contribution in [-0.2, 0) is 11.3 Å². The van der Waals surface area contributed by atoms with Crippen molar-refractivity contribution in [3.63, 3.8) is 0 Å². The molecule has 3 aromatic rings. The number of methoxy groups -OCH3 is 1. The molecule has 0 spiro atoms. The lowest BCUT2D eigenvalue weighted by Gasteiger charge is -2.13. The number of aromatic nitrogens is 1. The number of hydrogen-bond acceptors (Lipinski definition) is 6. The quantitative estimate of drug-likeness (QED) is 0.616. The van der Waals surface area contributed by atoms with E-state index in [1.54, 1.807) is 30.5 Å². The number of para-hydroxylation sites is 2. The molecule has 3 rings (SSSR count). The summed E-state index contributed by atoms with van der Waals surface area (Å²) in [4.78, 5) is 16.7. The molecule has 2 aromatic carbocycles. The first-order chi connectivity index (χ1) is 12.2. The second-order valence-corrected chi connectivity index (χ2v) is 6.75. The molecule has 128 valence electrons. The Kier molecular flexibility index (Phi) is 5.53. The van der Waals surface area contributed by atoms with Crippen LogP contribution in [0.2, 0.25) is 4.47 Å². The van der Waals surface area contributed by atoms with E-state index in [1.165, 1.54) is 18.4 Å². The number of nitrogens with zero attached hydrogens (tertiary/aromatic N) is 1. The van der Waals surface area contributed by atoms with Gasteiger partial charge in [0.15, 0.2) is 10.2 Å². The third-order valence-corrected chi connectivity index (χ3v) is 4.46. The molecule has 5 nitrogen and oxygen atoms in total. The van der Waals surface area contributed by atoms with Gasteiger partial charge in [-0.1, -0.05) is 29.8 Å². The Labute approximate surface area is 154 Å². The van der Waals surface area contributed by atoms with Gasteiger partial charge >= 0.3 is 5.97 Å². The van der Waals surface area contributed by atoms with Gasteiger partial charge in [0, 0.05) is 11.1 Å². The molecule has 0 amide bonds. The summed E-state index contributed by atoms with van der Waals surface area (Å²) in [5, 5.41) is 3.31. The summed E-state index contributed by atoms with van der Waals surface area (Å²) in [6.07, 6.45) is 1.74. The van der Waals surface area contributed by atoms with E-state index in [0.29, 0.717) is 28.1 Å². The van der Waals surface area contributed by atoms with Crippen LogP contribution in [0.25, 0.3) is 0 Å². The molecular weight excluding hydrogens is 360 g/mol. The van der Waals surface area contributed by atoms with E-state index in [9.17, 15) is 4.79 Å². The lowest BCUT2D eigenvalue weighted by atomic mass is 10.2. The number of carbonyl (C=O) groups is 1. The van der Waals surface area contributed by atoms with E-state index < -0.39 is 5.97 Å². The Balaban J connectivity index is 1.75. The van der Waals surface area contributed by atoms with Crippen molar-refractivity contribution in [2.45, 2.75) is 6.54 Å². The first kappa shape index (κ1) is 17.3. The van der Waals surface area contributed by atoms with Gasteiger partial charge in [0.1, 0.15) is 5.75 Å². The third kappa shape index (κ3) is 4.49. The standard InChI is InChI=1S/C18H15ClN2O3S/c1-23-17(22)12-5-4-6-13(9-12)24-16-8-3-2-7-15(16)20-10-14-11-21-18(19)25-14/h2-9,11,20H,10H2,1H3. The number of carbonyl (C=O) groups excluding carboxylic acids is 1. The van der Waals surface area contributed by atoms with Gasteiger partial charge in [0.05, 0.1) is 24.9 Å². The lowest BCUT2D eigenvalue weighted by Crippen LogP contribution is -2.02. The summed E-state index contributed by atoms with van der Waals surface area (Å²) in [6, 6.07) is 14.4. The first-order valence-corrected chi connectivity index (χ1v) is 8.64. The normalized spacial score (nSPS) is 10.3. The molecule has 0 radical (unpaired) electrons. The topological polar surface area (TPSA) is 60.5 Å². The fraction of sp³-hybridized carbons (Fsp3) is 0.111. The number of thiazole rings is 1. The Hall–Kier alpha value is -2.57. The summed E-state index contributed by atoms with van der Waals surface area (Å²) in [7, 11) is 1.35. The van der Waals surface area contributed by atoms with Gasteiger partial charge in [0.2, 0.25) is 0 Å². The largest absolute Gasteiger partial charge is 0.465 e. The van der Waals surface area contributed by atoms with E-state index in [4.69, 9.17) is 21.1 Å². The predicted octanol–water partition coefficient (Wildman–Crippen LogP) is 4.99. The molecule has 1 aromatic heterocycles. The third-order valence-electron chi connectivity index (χ3n) is 3.35. The minimum atomic E-state index is -0.404. The van der Waals surface area contributed by atoms with Gasteiger partial charge in [-0.2, -0.15) is 0 Å². The maximum atomic E-state index is 11.6. The zero-order valence-electron chi connectivity index (χ0n) is 13.4. The fourth-order valence-electron chi connectivity index (χ4n) is 2.18. The lowest BCUT2D eigenvalue weighted by molar-refractivity contribution is 0.0600. The number of benzene rings is 2. The van der Waals surface area contributed by atoms with Crippen molar-refractivity contribution in [3.05, 3.63) is 69.6 Å². The van der Waals surface area contributed by atoms with Crippen LogP contribution in [0.1, 0.15) is 15.2 Å². The van der Waals surface area contributed by atoms with Crippen LogP contribution in [0, 0.1) is 0 Å². The number of anilines is 1. The van der Waals surface area contributed by atoms with Crippen molar-refractivity contribution in [1.29, 1.82) is 0 Å². The molecule has 0 aliphatic heterocycles. The Morgan fingerprint density at radius 1 is 1.24 bits per heavy atom. The smallest absolute Gasteiger partial charge is 0.337 e. The van der Waals surface area contributed by atoms with Crippen molar-refractivity contribution >= 4 is 34.6 Å². The number of esters is 1. The molecule has 0 bridgehead atoms. The van der Waals surface area contributed by atoms with E-state index in [1.807, 2.05) is 24.3 Å². The number of rotatable bonds is 6. The SMILES string of the molecule is COC(=O)c1cccc(Oc2ccccc2NCc2cnc(Cl)s2)c1. The van der Waals surface area contributed by atoms with E-state index in [2.05, 4.69) is 10.3 Å². The zero-order chi connectivity index (χ0) is 17.6. The minimum absolute atomic E-state index is 0.404. The highest BCUT2D eigenvalue weighted by Gasteiger charge is 2.09. The maximum Gasteiger partial charge on any atom is 0.337 e. The molecule has 25 heavy (non-hydrogen) atoms. The van der Waals surface area contributed by atoms with Crippen LogP contribution >= 0.6 is 22.9 Å². The highest BCUT2D eigenvalue weighted by molar-refractivity contribution is 7.15. The molecule has 0 saturated carbocycles. The zero-order valence-corrected chi connectivity index (χ0v) is 14.9. The fourth-order valence-corrected chi connectivity index (χ4v) is 3.10. The van der Waals surface area contributed by atoms with Crippen LogP contribution in [0.5, 0.6) is 11.5 Å². The average molecular weight is 375 g/mol. The van der Waals surface area contributed by atoms with Crippen LogP contribution in [-0.4, -0.2) is 18.1 Å². The first-order valence-electron chi connectivity index (χ1n) is 7.45. The monoisotopic (exact) mass is 374 g/mol. The Morgan fingerprint density at radius 2 is 2.08 bits per heavy atom. The van der Waals surface area contributed by atoms with Gasteiger partial charge in [-0.25, -0.2) is 9.78 Å². The number of hydrogen-bond donors (Lipinski definition) is 1. The van der Waals surface area contributed by atoms with Crippen molar-refractivity contribution in [2.24, 2.45) is 0 Å². The van der Waals surface area contributed by atoms with Crippen LogP contribution in [0.4, 0.5) is 5.69 Å². The van der Waals surface area contributed by atoms with Gasteiger partial charge < -0.3 is 14.8 Å². The van der Waals surface area contributed by atoms with Crippen molar-refractivity contribution in [1.82, 2.24) is 4.98 Å². The van der Waals surface area contributed by atoms with Gasteiger partial charge in [-0.15, -0.1) is 11.3 Å². The molecular formula is C18H15ClN2O3S. The number of halogens is 1.